The third-order valence-corrected chi connectivity index (χ3v) is 8.63. The summed E-state index contributed by atoms with van der Waals surface area (Å²) in [6, 6.07) is 17.7. The van der Waals surface area contributed by atoms with E-state index in [0.717, 1.165) is 65.2 Å². The number of carbonyl (C=O) groups is 1. The van der Waals surface area contributed by atoms with Crippen LogP contribution in [0.5, 0.6) is 0 Å². The van der Waals surface area contributed by atoms with Gasteiger partial charge in [-0.1, -0.05) is 29.8 Å². The highest BCUT2D eigenvalue weighted by molar-refractivity contribution is 7.22. The summed E-state index contributed by atoms with van der Waals surface area (Å²) in [6.07, 6.45) is 2.63. The van der Waals surface area contributed by atoms with Gasteiger partial charge in [-0.15, -0.1) is 11.3 Å². The molecule has 8 nitrogen and oxygen atoms in total. The lowest BCUT2D eigenvalue weighted by atomic mass is 9.91. The Hall–Kier alpha value is -4.18. The van der Waals surface area contributed by atoms with Gasteiger partial charge in [0, 0.05) is 39.7 Å². The number of ether oxygens (including phenoxy) is 2. The van der Waals surface area contributed by atoms with E-state index in [2.05, 4.69) is 21.4 Å². The van der Waals surface area contributed by atoms with Crippen LogP contribution in [0.1, 0.15) is 44.9 Å². The number of nitrogens with zero attached hydrogens (tertiary/aromatic N) is 5. The number of halogens is 1. The van der Waals surface area contributed by atoms with E-state index in [1.807, 2.05) is 94.2 Å². The van der Waals surface area contributed by atoms with Gasteiger partial charge in [0.1, 0.15) is 5.01 Å². The van der Waals surface area contributed by atoms with Crippen LogP contribution in [0.25, 0.3) is 54.1 Å². The van der Waals surface area contributed by atoms with Crippen LogP contribution in [0.15, 0.2) is 67.0 Å². The molecule has 1 unspecified atom stereocenters. The number of benzene rings is 3. The van der Waals surface area contributed by atoms with Gasteiger partial charge >= 0.3 is 5.97 Å². The fourth-order valence-corrected chi connectivity index (χ4v) is 6.55. The second-order valence-electron chi connectivity index (χ2n) is 11.6. The maximum Gasteiger partial charge on any atom is 0.339 e. The average Bonchev–Trinajstić information content (AvgIpc) is 3.58. The maximum absolute atomic E-state index is 13.4. The molecule has 1 atom stereocenters. The molecule has 0 bridgehead atoms. The topological polar surface area (TPSA) is 92.0 Å². The zero-order valence-electron chi connectivity index (χ0n) is 25.4. The first kappa shape index (κ1) is 29.9. The van der Waals surface area contributed by atoms with Crippen LogP contribution in [-0.4, -0.2) is 43.1 Å². The largest absolute Gasteiger partial charge is 0.464 e. The van der Waals surface area contributed by atoms with Gasteiger partial charge in [0.15, 0.2) is 6.10 Å². The zero-order chi connectivity index (χ0) is 31.2. The van der Waals surface area contributed by atoms with Gasteiger partial charge in [-0.3, -0.25) is 4.68 Å². The molecule has 3 heterocycles. The Labute approximate surface area is 264 Å². The second kappa shape index (κ2) is 11.7. The van der Waals surface area contributed by atoms with Crippen molar-refractivity contribution < 1.29 is 14.3 Å². The number of aromatic nitrogens is 5. The van der Waals surface area contributed by atoms with Crippen LogP contribution in [0.4, 0.5) is 0 Å². The highest BCUT2D eigenvalue weighted by Crippen LogP contribution is 2.44. The van der Waals surface area contributed by atoms with E-state index in [1.165, 1.54) is 11.3 Å². The molecule has 6 rings (SSSR count). The lowest BCUT2D eigenvalue weighted by Crippen LogP contribution is -2.29. The minimum atomic E-state index is -0.938. The molecule has 0 saturated heterocycles. The average molecular weight is 626 g/mol. The van der Waals surface area contributed by atoms with Crippen molar-refractivity contribution in [3.63, 3.8) is 0 Å². The molecule has 3 aromatic carbocycles. The minimum Gasteiger partial charge on any atom is -0.464 e. The van der Waals surface area contributed by atoms with Gasteiger partial charge in [-0.2, -0.15) is 15.3 Å². The summed E-state index contributed by atoms with van der Waals surface area (Å²) >= 11 is 7.82. The number of carbonyl (C=O) groups excluding carboxylic acids is 1. The number of rotatable bonds is 7. The van der Waals surface area contributed by atoms with E-state index in [9.17, 15) is 4.79 Å². The fraction of sp³-hybridized carbons (Fsp3) is 0.265. The molecule has 0 aliphatic carbocycles. The summed E-state index contributed by atoms with van der Waals surface area (Å²) in [7, 11) is 1.92. The monoisotopic (exact) mass is 625 g/mol. The summed E-state index contributed by atoms with van der Waals surface area (Å²) in [6.45, 7) is 9.81. The molecule has 44 heavy (non-hydrogen) atoms. The van der Waals surface area contributed by atoms with E-state index in [-0.39, 0.29) is 6.61 Å². The van der Waals surface area contributed by atoms with Gasteiger partial charge in [0.25, 0.3) is 0 Å². The van der Waals surface area contributed by atoms with Crippen molar-refractivity contribution in [1.29, 1.82) is 0 Å². The first-order chi connectivity index (χ1) is 21.0. The lowest BCUT2D eigenvalue weighted by Gasteiger charge is -2.29. The van der Waals surface area contributed by atoms with Crippen molar-refractivity contribution in [2.24, 2.45) is 7.05 Å². The number of fused-ring (bicyclic) bond motifs is 2. The predicted octanol–water partition coefficient (Wildman–Crippen LogP) is 8.36. The summed E-state index contributed by atoms with van der Waals surface area (Å²) in [5, 5.41) is 15.5. The maximum atomic E-state index is 13.4. The SMILES string of the molecule is CCOC(=O)C(OC(C)(C)C)c1c(C)cc2nc(-c3cnnc(-c4ccc5c(cnn5C)c4)c3)sc2c1-c1ccc(Cl)cc1. The van der Waals surface area contributed by atoms with Crippen LogP contribution in [0.3, 0.4) is 0 Å². The molecule has 6 aromatic rings. The first-order valence-electron chi connectivity index (χ1n) is 14.3. The molecule has 0 aliphatic heterocycles. The molecule has 0 fully saturated rings. The van der Waals surface area contributed by atoms with Crippen LogP contribution < -0.4 is 0 Å². The Morgan fingerprint density at radius 1 is 1.02 bits per heavy atom. The van der Waals surface area contributed by atoms with E-state index in [4.69, 9.17) is 26.1 Å². The molecule has 0 saturated carbocycles. The summed E-state index contributed by atoms with van der Waals surface area (Å²) < 4.78 is 14.7. The first-order valence-corrected chi connectivity index (χ1v) is 15.5. The molecule has 0 aliphatic rings. The standard InChI is InChI=1S/C34H32ClN5O3S/c1-7-42-33(41)30(43-34(3,4)5)28-19(2)14-26-31(29(28)20-8-11-24(35)12-9-20)44-32(38-26)23-16-25(39-36-17-23)21-10-13-27-22(15-21)18-37-40(27)6/h8-18,30H,7H2,1-6H3. The van der Waals surface area contributed by atoms with Crippen LogP contribution >= 0.6 is 22.9 Å². The summed E-state index contributed by atoms with van der Waals surface area (Å²) in [5.41, 5.74) is 7.17. The molecule has 3 aromatic heterocycles. The van der Waals surface area contributed by atoms with E-state index in [0.29, 0.717) is 5.02 Å². The zero-order valence-corrected chi connectivity index (χ0v) is 27.0. The Balaban J connectivity index is 1.53. The van der Waals surface area contributed by atoms with Gasteiger partial charge in [0.2, 0.25) is 0 Å². The number of hydrogen-bond acceptors (Lipinski definition) is 8. The molecular formula is C34H32ClN5O3S. The van der Waals surface area contributed by atoms with Crippen molar-refractivity contribution in [2.75, 3.05) is 6.61 Å². The molecule has 0 N–H and O–H groups in total. The third kappa shape index (κ3) is 5.83. The highest BCUT2D eigenvalue weighted by Gasteiger charge is 2.33. The van der Waals surface area contributed by atoms with Gasteiger partial charge < -0.3 is 9.47 Å². The van der Waals surface area contributed by atoms with Gasteiger partial charge in [-0.05, 0) is 82.1 Å². The van der Waals surface area contributed by atoms with E-state index >= 15 is 0 Å². The lowest BCUT2D eigenvalue weighted by molar-refractivity contribution is -0.166. The normalized spacial score (nSPS) is 12.6. The second-order valence-corrected chi connectivity index (χ2v) is 13.0. The highest BCUT2D eigenvalue weighted by atomic mass is 35.5. The van der Waals surface area contributed by atoms with Gasteiger partial charge in [-0.25, -0.2) is 9.78 Å². The van der Waals surface area contributed by atoms with Gasteiger partial charge in [0.05, 0.1) is 46.0 Å². The molecule has 0 amide bonds. The van der Waals surface area contributed by atoms with Crippen molar-refractivity contribution in [3.8, 4) is 33.0 Å². The summed E-state index contributed by atoms with van der Waals surface area (Å²) in [4.78, 5) is 18.5. The Morgan fingerprint density at radius 2 is 1.77 bits per heavy atom. The van der Waals surface area contributed by atoms with Crippen molar-refractivity contribution in [2.45, 2.75) is 46.3 Å². The number of esters is 1. The Kier molecular flexibility index (Phi) is 7.96. The number of thiazole rings is 1. The van der Waals surface area contributed by atoms with Crippen molar-refractivity contribution in [1.82, 2.24) is 25.0 Å². The Morgan fingerprint density at radius 3 is 2.50 bits per heavy atom. The van der Waals surface area contributed by atoms with Crippen LogP contribution in [0, 0.1) is 6.92 Å². The molecule has 0 spiro atoms. The third-order valence-electron chi connectivity index (χ3n) is 7.24. The van der Waals surface area contributed by atoms with Crippen LogP contribution in [0.2, 0.25) is 5.02 Å². The fourth-order valence-electron chi connectivity index (χ4n) is 5.32. The predicted molar refractivity (Wildman–Crippen MR) is 176 cm³/mol. The molecule has 10 heteroatoms. The van der Waals surface area contributed by atoms with E-state index < -0.39 is 17.7 Å². The number of hydrogen-bond donors (Lipinski definition) is 0. The minimum absolute atomic E-state index is 0.246. The summed E-state index contributed by atoms with van der Waals surface area (Å²) in [5.74, 6) is -0.432. The van der Waals surface area contributed by atoms with Crippen LogP contribution in [-0.2, 0) is 21.3 Å². The number of aryl methyl sites for hydroxylation is 2. The molecular weight excluding hydrogens is 594 g/mol. The smallest absolute Gasteiger partial charge is 0.339 e. The quantitative estimate of drug-likeness (QED) is 0.165. The molecule has 224 valence electrons. The Bertz CT molecular complexity index is 2010. The van der Waals surface area contributed by atoms with Crippen molar-refractivity contribution >= 4 is 50.0 Å². The van der Waals surface area contributed by atoms with Crippen molar-refractivity contribution in [3.05, 3.63) is 83.1 Å². The van der Waals surface area contributed by atoms with E-state index in [1.54, 1.807) is 13.1 Å². The molecule has 0 radical (unpaired) electrons.